The number of nitrogens with zero attached hydrogens (tertiary/aromatic N) is 1. The Balaban J connectivity index is 2.29. The Morgan fingerprint density at radius 2 is 2.14 bits per heavy atom. The number of nitro groups is 1. The summed E-state index contributed by atoms with van der Waals surface area (Å²) in [6.45, 7) is 2.12. The van der Waals surface area contributed by atoms with Crippen LogP contribution in [0.15, 0.2) is 18.2 Å². The van der Waals surface area contributed by atoms with Gasteiger partial charge in [0.05, 0.1) is 10.5 Å². The van der Waals surface area contributed by atoms with Crippen LogP contribution in [0.1, 0.15) is 49.4 Å². The van der Waals surface area contributed by atoms with Gasteiger partial charge in [0.2, 0.25) is 0 Å². The molecule has 0 aromatic heterocycles. The molecule has 21 heavy (non-hydrogen) atoms. The van der Waals surface area contributed by atoms with Crippen LogP contribution in [0.4, 0.5) is 11.4 Å². The van der Waals surface area contributed by atoms with Gasteiger partial charge >= 0.3 is 5.97 Å². The molecule has 1 fully saturated rings. The molecule has 1 saturated carbocycles. The van der Waals surface area contributed by atoms with Crippen LogP contribution in [0.3, 0.4) is 0 Å². The van der Waals surface area contributed by atoms with Crippen LogP contribution in [0.2, 0.25) is 0 Å². The molecule has 0 aliphatic heterocycles. The van der Waals surface area contributed by atoms with E-state index in [9.17, 15) is 14.9 Å². The Kier molecular flexibility index (Phi) is 4.77. The van der Waals surface area contributed by atoms with Crippen LogP contribution in [0.25, 0.3) is 0 Å². The molecule has 0 radical (unpaired) electrons. The van der Waals surface area contributed by atoms with Crippen LogP contribution in [-0.2, 0) is 0 Å². The van der Waals surface area contributed by atoms with Crippen molar-refractivity contribution >= 4 is 17.3 Å². The van der Waals surface area contributed by atoms with Gasteiger partial charge in [0.15, 0.2) is 0 Å². The van der Waals surface area contributed by atoms with E-state index >= 15 is 0 Å². The summed E-state index contributed by atoms with van der Waals surface area (Å²) >= 11 is 0. The average Bonchev–Trinajstić information content (AvgIpc) is 2.47. The summed E-state index contributed by atoms with van der Waals surface area (Å²) < 4.78 is 0. The molecule has 1 aromatic rings. The second kappa shape index (κ2) is 6.56. The van der Waals surface area contributed by atoms with E-state index in [1.165, 1.54) is 24.6 Å². The lowest BCUT2D eigenvalue weighted by Gasteiger charge is -2.32. The first-order valence-electron chi connectivity index (χ1n) is 7.31. The lowest BCUT2D eigenvalue weighted by molar-refractivity contribution is -0.384. The van der Waals surface area contributed by atoms with Crippen LogP contribution in [-0.4, -0.2) is 22.0 Å². The minimum atomic E-state index is -1.08. The van der Waals surface area contributed by atoms with Crippen molar-refractivity contribution in [2.24, 2.45) is 5.92 Å². The summed E-state index contributed by atoms with van der Waals surface area (Å²) in [6, 6.07) is 4.06. The fourth-order valence-electron chi connectivity index (χ4n) is 3.03. The summed E-state index contributed by atoms with van der Waals surface area (Å²) in [4.78, 5) is 21.7. The number of nitrogens with one attached hydrogen (secondary N) is 1. The third-order valence-corrected chi connectivity index (χ3v) is 4.21. The number of nitro benzene ring substituents is 1. The molecule has 0 saturated heterocycles. The van der Waals surface area contributed by atoms with Gasteiger partial charge in [-0.1, -0.05) is 26.2 Å². The minimum Gasteiger partial charge on any atom is -0.478 e. The van der Waals surface area contributed by atoms with E-state index in [1.807, 2.05) is 0 Å². The Labute approximate surface area is 123 Å². The second-order valence-corrected chi connectivity index (χ2v) is 5.50. The monoisotopic (exact) mass is 292 g/mol. The molecular formula is C15H20N2O4. The predicted molar refractivity (Wildman–Crippen MR) is 79.7 cm³/mol. The SMILES string of the molecule is CCC1CCCCC1Nc1cc(C(=O)O)ccc1[N+](=O)[O-]. The maximum atomic E-state index is 11.1. The molecule has 2 N–H and O–H groups in total. The van der Waals surface area contributed by atoms with Crippen molar-refractivity contribution in [3.63, 3.8) is 0 Å². The van der Waals surface area contributed by atoms with E-state index in [0.717, 1.165) is 25.7 Å². The smallest absolute Gasteiger partial charge is 0.335 e. The standard InChI is InChI=1S/C15H20N2O4/c1-2-10-5-3-4-6-12(10)16-13-9-11(15(18)19)7-8-14(13)17(20)21/h7-10,12,16H,2-6H2,1H3,(H,18,19). The normalized spacial score (nSPS) is 21.8. The summed E-state index contributed by atoms with van der Waals surface area (Å²) in [7, 11) is 0. The average molecular weight is 292 g/mol. The van der Waals surface area contributed by atoms with Crippen molar-refractivity contribution < 1.29 is 14.8 Å². The van der Waals surface area contributed by atoms with Gasteiger partial charge in [-0.25, -0.2) is 4.79 Å². The third kappa shape index (κ3) is 3.51. The van der Waals surface area contributed by atoms with Crippen molar-refractivity contribution in [3.8, 4) is 0 Å². The van der Waals surface area contributed by atoms with Crippen molar-refractivity contribution in [2.75, 3.05) is 5.32 Å². The maximum Gasteiger partial charge on any atom is 0.335 e. The number of hydrogen-bond acceptors (Lipinski definition) is 4. The summed E-state index contributed by atoms with van der Waals surface area (Å²) in [5, 5.41) is 23.4. The van der Waals surface area contributed by atoms with E-state index in [1.54, 1.807) is 0 Å². The number of benzene rings is 1. The molecule has 2 atom stereocenters. The molecule has 1 aliphatic carbocycles. The number of anilines is 1. The zero-order valence-corrected chi connectivity index (χ0v) is 12.0. The Morgan fingerprint density at radius 1 is 1.43 bits per heavy atom. The van der Waals surface area contributed by atoms with Crippen molar-refractivity contribution in [2.45, 2.75) is 45.1 Å². The topological polar surface area (TPSA) is 92.5 Å². The molecule has 0 bridgehead atoms. The number of carboxylic acid groups (broad SMARTS) is 1. The van der Waals surface area contributed by atoms with E-state index in [4.69, 9.17) is 5.11 Å². The molecule has 0 heterocycles. The highest BCUT2D eigenvalue weighted by Gasteiger charge is 2.26. The van der Waals surface area contributed by atoms with Crippen molar-refractivity contribution in [1.29, 1.82) is 0 Å². The number of carboxylic acids is 1. The number of rotatable bonds is 5. The third-order valence-electron chi connectivity index (χ3n) is 4.21. The Hall–Kier alpha value is -2.11. The van der Waals surface area contributed by atoms with Crippen LogP contribution in [0, 0.1) is 16.0 Å². The predicted octanol–water partition coefficient (Wildman–Crippen LogP) is 3.67. The molecule has 1 aromatic carbocycles. The highest BCUT2D eigenvalue weighted by molar-refractivity contribution is 5.90. The molecule has 114 valence electrons. The van der Waals surface area contributed by atoms with Gasteiger partial charge in [0.1, 0.15) is 5.69 Å². The van der Waals surface area contributed by atoms with Crippen LogP contribution < -0.4 is 5.32 Å². The lowest BCUT2D eigenvalue weighted by Crippen LogP contribution is -2.32. The quantitative estimate of drug-likeness (QED) is 0.638. The van der Waals surface area contributed by atoms with Gasteiger partial charge < -0.3 is 10.4 Å². The van der Waals surface area contributed by atoms with Crippen molar-refractivity contribution in [3.05, 3.63) is 33.9 Å². The van der Waals surface area contributed by atoms with Gasteiger partial charge in [0.25, 0.3) is 5.69 Å². The van der Waals surface area contributed by atoms with Crippen molar-refractivity contribution in [1.82, 2.24) is 0 Å². The molecule has 0 spiro atoms. The molecule has 2 rings (SSSR count). The van der Waals surface area contributed by atoms with Gasteiger partial charge in [0, 0.05) is 12.1 Å². The molecule has 6 nitrogen and oxygen atoms in total. The first-order chi connectivity index (χ1) is 10.0. The lowest BCUT2D eigenvalue weighted by atomic mass is 9.82. The molecule has 1 aliphatic rings. The summed E-state index contributed by atoms with van der Waals surface area (Å²) in [5.41, 5.74) is 0.303. The largest absolute Gasteiger partial charge is 0.478 e. The fraction of sp³-hybridized carbons (Fsp3) is 0.533. The number of carbonyl (C=O) groups is 1. The van der Waals surface area contributed by atoms with Crippen LogP contribution >= 0.6 is 0 Å². The fourth-order valence-corrected chi connectivity index (χ4v) is 3.03. The van der Waals surface area contributed by atoms with Crippen LogP contribution in [0.5, 0.6) is 0 Å². The van der Waals surface area contributed by atoms with Gasteiger partial charge in [-0.15, -0.1) is 0 Å². The Bertz CT molecular complexity index is 544. The van der Waals surface area contributed by atoms with E-state index < -0.39 is 10.9 Å². The summed E-state index contributed by atoms with van der Waals surface area (Å²) in [5.74, 6) is -0.601. The molecule has 2 unspecified atom stereocenters. The van der Waals surface area contributed by atoms with Gasteiger partial charge in [-0.3, -0.25) is 10.1 Å². The second-order valence-electron chi connectivity index (χ2n) is 5.50. The van der Waals surface area contributed by atoms with Gasteiger partial charge in [-0.2, -0.15) is 0 Å². The molecular weight excluding hydrogens is 272 g/mol. The first-order valence-corrected chi connectivity index (χ1v) is 7.31. The van der Waals surface area contributed by atoms with E-state index in [0.29, 0.717) is 11.6 Å². The van der Waals surface area contributed by atoms with E-state index in [-0.39, 0.29) is 17.3 Å². The zero-order chi connectivity index (χ0) is 15.4. The van der Waals surface area contributed by atoms with Gasteiger partial charge in [-0.05, 0) is 30.9 Å². The highest BCUT2D eigenvalue weighted by atomic mass is 16.6. The first kappa shape index (κ1) is 15.3. The number of aromatic carboxylic acids is 1. The minimum absolute atomic E-state index is 0.0620. The maximum absolute atomic E-state index is 11.1. The zero-order valence-electron chi connectivity index (χ0n) is 12.0. The highest BCUT2D eigenvalue weighted by Crippen LogP contribution is 2.33. The molecule has 0 amide bonds. The molecule has 6 heteroatoms. The number of hydrogen-bond donors (Lipinski definition) is 2. The Morgan fingerprint density at radius 3 is 2.76 bits per heavy atom. The van der Waals surface area contributed by atoms with E-state index in [2.05, 4.69) is 12.2 Å². The summed E-state index contributed by atoms with van der Waals surface area (Å²) in [6.07, 6.45) is 5.38.